The highest BCUT2D eigenvalue weighted by Gasteiger charge is 2.11. The van der Waals surface area contributed by atoms with E-state index in [2.05, 4.69) is 24.2 Å². The molecule has 0 bridgehead atoms. The van der Waals surface area contributed by atoms with E-state index in [-0.39, 0.29) is 6.61 Å². The smallest absolute Gasteiger partial charge is 0.341 e. The molecule has 0 atom stereocenters. The average molecular weight is 367 g/mol. The first-order valence-corrected chi connectivity index (χ1v) is 9.21. The number of aryl methyl sites for hydroxylation is 3. The molecule has 0 radical (unpaired) electrons. The summed E-state index contributed by atoms with van der Waals surface area (Å²) in [7, 11) is 0. The fourth-order valence-corrected chi connectivity index (χ4v) is 3.21. The van der Waals surface area contributed by atoms with Crippen LogP contribution in [0, 0.1) is 13.8 Å². The van der Waals surface area contributed by atoms with E-state index in [0.717, 1.165) is 47.4 Å². The van der Waals surface area contributed by atoms with Gasteiger partial charge in [0.05, 0.1) is 0 Å². The topological polar surface area (TPSA) is 71.5 Å². The number of H-pyrrole nitrogens is 1. The zero-order chi connectivity index (χ0) is 19.4. The lowest BCUT2D eigenvalue weighted by Gasteiger charge is -2.14. The van der Waals surface area contributed by atoms with E-state index in [1.807, 2.05) is 26.0 Å². The van der Waals surface area contributed by atoms with Gasteiger partial charge < -0.3 is 19.6 Å². The summed E-state index contributed by atoms with van der Waals surface area (Å²) in [6, 6.07) is 9.66. The number of aliphatic carboxylic acids is 1. The van der Waals surface area contributed by atoms with Gasteiger partial charge in [-0.15, -0.1) is 0 Å². The molecule has 1 aromatic heterocycles. The summed E-state index contributed by atoms with van der Waals surface area (Å²) >= 11 is 0. The third kappa shape index (κ3) is 4.42. The summed E-state index contributed by atoms with van der Waals surface area (Å²) in [5, 5.41) is 9.95. The number of benzene rings is 2. The van der Waals surface area contributed by atoms with Crippen molar-refractivity contribution in [1.29, 1.82) is 0 Å². The molecule has 5 heteroatoms. The minimum Gasteiger partial charge on any atom is -0.482 e. The van der Waals surface area contributed by atoms with Crippen molar-refractivity contribution in [2.24, 2.45) is 0 Å². The molecule has 0 aliphatic carbocycles. The van der Waals surface area contributed by atoms with Crippen LogP contribution in [-0.2, 0) is 11.2 Å². The van der Waals surface area contributed by atoms with Crippen molar-refractivity contribution in [2.75, 3.05) is 6.61 Å². The third-order valence-corrected chi connectivity index (χ3v) is 4.55. The molecule has 142 valence electrons. The Bertz CT molecular complexity index is 935. The summed E-state index contributed by atoms with van der Waals surface area (Å²) < 4.78 is 11.4. The fraction of sp³-hybridized carbons (Fsp3) is 0.318. The molecular formula is C22H25NO4. The van der Waals surface area contributed by atoms with Crippen LogP contribution in [0.25, 0.3) is 10.9 Å². The molecule has 3 rings (SSSR count). The fourth-order valence-electron chi connectivity index (χ4n) is 3.21. The number of carboxylic acid groups (broad SMARTS) is 1. The number of hydrogen-bond acceptors (Lipinski definition) is 3. The number of rotatable bonds is 8. The van der Waals surface area contributed by atoms with Gasteiger partial charge in [-0.2, -0.15) is 0 Å². The Morgan fingerprint density at radius 3 is 2.52 bits per heavy atom. The largest absolute Gasteiger partial charge is 0.482 e. The number of aromatic nitrogens is 1. The number of aromatic amines is 1. The maximum absolute atomic E-state index is 10.7. The van der Waals surface area contributed by atoms with Gasteiger partial charge in [0.25, 0.3) is 0 Å². The Kier molecular flexibility index (Phi) is 5.69. The Morgan fingerprint density at radius 2 is 1.85 bits per heavy atom. The lowest BCUT2D eigenvalue weighted by molar-refractivity contribution is -0.139. The number of carbonyl (C=O) groups is 1. The first kappa shape index (κ1) is 18.8. The van der Waals surface area contributed by atoms with Crippen LogP contribution in [0.15, 0.2) is 36.5 Å². The van der Waals surface area contributed by atoms with E-state index in [0.29, 0.717) is 5.75 Å². The maximum atomic E-state index is 10.7. The Morgan fingerprint density at radius 1 is 1.11 bits per heavy atom. The number of carboxylic acids is 1. The highest BCUT2D eigenvalue weighted by atomic mass is 16.5. The van der Waals surface area contributed by atoms with Gasteiger partial charge in [0.2, 0.25) is 0 Å². The quantitative estimate of drug-likeness (QED) is 0.560. The van der Waals surface area contributed by atoms with Crippen molar-refractivity contribution in [2.45, 2.75) is 40.0 Å². The summed E-state index contributed by atoms with van der Waals surface area (Å²) in [4.78, 5) is 14.0. The predicted molar refractivity (Wildman–Crippen MR) is 106 cm³/mol. The average Bonchev–Trinajstić information content (AvgIpc) is 3.03. The predicted octanol–water partition coefficient (Wildman–Crippen LogP) is 5.38. The van der Waals surface area contributed by atoms with Gasteiger partial charge in [-0.1, -0.05) is 13.3 Å². The van der Waals surface area contributed by atoms with Gasteiger partial charge in [0, 0.05) is 17.1 Å². The maximum Gasteiger partial charge on any atom is 0.341 e. The van der Waals surface area contributed by atoms with Gasteiger partial charge >= 0.3 is 5.97 Å². The van der Waals surface area contributed by atoms with Crippen molar-refractivity contribution >= 4 is 16.9 Å². The van der Waals surface area contributed by atoms with Gasteiger partial charge in [-0.25, -0.2) is 4.79 Å². The second kappa shape index (κ2) is 8.16. The molecule has 0 spiro atoms. The molecule has 0 aliphatic heterocycles. The zero-order valence-electron chi connectivity index (χ0n) is 16.0. The van der Waals surface area contributed by atoms with E-state index in [4.69, 9.17) is 14.6 Å². The molecule has 27 heavy (non-hydrogen) atoms. The van der Waals surface area contributed by atoms with Crippen molar-refractivity contribution in [3.63, 3.8) is 0 Å². The number of unbranched alkanes of at least 4 members (excludes halogenated alkanes) is 1. The van der Waals surface area contributed by atoms with Crippen molar-refractivity contribution in [1.82, 2.24) is 4.98 Å². The molecule has 0 amide bonds. The van der Waals surface area contributed by atoms with E-state index in [1.165, 1.54) is 10.9 Å². The van der Waals surface area contributed by atoms with Gasteiger partial charge in [-0.3, -0.25) is 0 Å². The molecule has 0 aliphatic rings. The molecule has 1 heterocycles. The summed E-state index contributed by atoms with van der Waals surface area (Å²) in [6.07, 6.45) is 5.45. The molecule has 0 saturated carbocycles. The molecule has 2 N–H and O–H groups in total. The molecular weight excluding hydrogens is 342 g/mol. The van der Waals surface area contributed by atoms with Crippen LogP contribution in [0.1, 0.15) is 36.5 Å². The first-order valence-electron chi connectivity index (χ1n) is 9.21. The van der Waals surface area contributed by atoms with Crippen LogP contribution < -0.4 is 9.47 Å². The second-order valence-electron chi connectivity index (χ2n) is 6.80. The standard InChI is InChI=1S/C22H25NO4/c1-4-5-6-16-12-23-20-8-7-17(11-19(16)20)27-22-14(2)9-18(10-15(22)3)26-13-21(24)25/h7-12,23H,4-6,13H2,1-3H3,(H,24,25). The number of ether oxygens (including phenoxy) is 2. The molecule has 0 fully saturated rings. The van der Waals surface area contributed by atoms with Crippen LogP contribution >= 0.6 is 0 Å². The summed E-state index contributed by atoms with van der Waals surface area (Å²) in [5.41, 5.74) is 4.22. The van der Waals surface area contributed by atoms with Crippen LogP contribution in [0.4, 0.5) is 0 Å². The van der Waals surface area contributed by atoms with Crippen molar-refractivity contribution < 1.29 is 19.4 Å². The third-order valence-electron chi connectivity index (χ3n) is 4.55. The Labute approximate surface area is 158 Å². The zero-order valence-corrected chi connectivity index (χ0v) is 16.0. The van der Waals surface area contributed by atoms with Gasteiger partial charge in [0.15, 0.2) is 6.61 Å². The minimum absolute atomic E-state index is 0.357. The molecule has 3 aromatic rings. The first-order chi connectivity index (χ1) is 13.0. The van der Waals surface area contributed by atoms with Gasteiger partial charge in [-0.05, 0) is 73.7 Å². The highest BCUT2D eigenvalue weighted by Crippen LogP contribution is 2.34. The number of nitrogens with one attached hydrogen (secondary N) is 1. The lowest BCUT2D eigenvalue weighted by atomic mass is 10.1. The normalized spacial score (nSPS) is 10.9. The summed E-state index contributed by atoms with van der Waals surface area (Å²) in [5.74, 6) is 1.08. The summed E-state index contributed by atoms with van der Waals surface area (Å²) in [6.45, 7) is 5.69. The number of hydrogen-bond donors (Lipinski definition) is 2. The molecule has 0 saturated heterocycles. The lowest BCUT2D eigenvalue weighted by Crippen LogP contribution is -2.09. The minimum atomic E-state index is -0.996. The number of fused-ring (bicyclic) bond motifs is 1. The Hall–Kier alpha value is -2.95. The van der Waals surface area contributed by atoms with Crippen LogP contribution in [-0.4, -0.2) is 22.7 Å². The second-order valence-corrected chi connectivity index (χ2v) is 6.80. The van der Waals surface area contributed by atoms with Gasteiger partial charge in [0.1, 0.15) is 17.2 Å². The van der Waals surface area contributed by atoms with Crippen LogP contribution in [0.5, 0.6) is 17.2 Å². The SMILES string of the molecule is CCCCc1c[nH]c2ccc(Oc3c(C)cc(OCC(=O)O)cc3C)cc12. The monoisotopic (exact) mass is 367 g/mol. The highest BCUT2D eigenvalue weighted by molar-refractivity contribution is 5.84. The van der Waals surface area contributed by atoms with Crippen LogP contribution in [0.3, 0.4) is 0 Å². The van der Waals surface area contributed by atoms with E-state index in [9.17, 15) is 4.79 Å². The van der Waals surface area contributed by atoms with E-state index in [1.54, 1.807) is 12.1 Å². The van der Waals surface area contributed by atoms with Crippen molar-refractivity contribution in [3.05, 3.63) is 53.2 Å². The molecule has 5 nitrogen and oxygen atoms in total. The Balaban J connectivity index is 1.85. The molecule has 2 aromatic carbocycles. The van der Waals surface area contributed by atoms with Crippen molar-refractivity contribution in [3.8, 4) is 17.2 Å². The van der Waals surface area contributed by atoms with E-state index >= 15 is 0 Å². The van der Waals surface area contributed by atoms with E-state index < -0.39 is 5.97 Å². The van der Waals surface area contributed by atoms with Crippen LogP contribution in [0.2, 0.25) is 0 Å². The molecule has 0 unspecified atom stereocenters.